The molecule has 2 aromatic heterocycles. The van der Waals surface area contributed by atoms with Crippen LogP contribution in [-0.2, 0) is 4.74 Å². The van der Waals surface area contributed by atoms with E-state index in [1.807, 2.05) is 6.92 Å². The number of amides is 1. The summed E-state index contributed by atoms with van der Waals surface area (Å²) in [7, 11) is 1.60. The van der Waals surface area contributed by atoms with Crippen molar-refractivity contribution in [3.05, 3.63) is 16.9 Å². The van der Waals surface area contributed by atoms with Gasteiger partial charge in [-0.3, -0.25) is 10.1 Å². The lowest BCUT2D eigenvalue weighted by molar-refractivity contribution is 0.102. The van der Waals surface area contributed by atoms with Crippen LogP contribution in [0.2, 0.25) is 0 Å². The minimum atomic E-state index is -0.346. The van der Waals surface area contributed by atoms with E-state index in [-0.39, 0.29) is 29.8 Å². The second-order valence-corrected chi connectivity index (χ2v) is 6.94. The Bertz CT molecular complexity index is 693. The number of nitrogens with one attached hydrogen (secondary N) is 1. The van der Waals surface area contributed by atoms with Crippen LogP contribution in [0.15, 0.2) is 6.20 Å². The Balaban J connectivity index is 1.62. The minimum absolute atomic E-state index is 0.160. The molecule has 2 heterocycles. The Morgan fingerprint density at radius 1 is 1.38 bits per heavy atom. The summed E-state index contributed by atoms with van der Waals surface area (Å²) in [4.78, 5) is 12.3. The summed E-state index contributed by atoms with van der Waals surface area (Å²) in [5.41, 5.74) is 6.18. The number of aromatic nitrogens is 5. The van der Waals surface area contributed by atoms with Gasteiger partial charge in [0.25, 0.3) is 5.91 Å². The number of methoxy groups -OCH3 is 1. The zero-order valence-electron chi connectivity index (χ0n) is 13.7. The number of rotatable bonds is 5. The standard InChI is InChI=1S/C14H21N7O2S/c1-8(23-2)13-18-19-14(24-13)16-12(22)11-7-21(20-17-11)10-5-3-9(15)4-6-10/h7-10H,3-6,15H2,1-2H3,(H,16,19,22). The summed E-state index contributed by atoms with van der Waals surface area (Å²) < 4.78 is 6.94. The number of ether oxygens (including phenoxy) is 1. The number of anilines is 1. The van der Waals surface area contributed by atoms with E-state index in [2.05, 4.69) is 25.8 Å². The number of nitrogens with zero attached hydrogens (tertiary/aromatic N) is 5. The predicted molar refractivity (Wildman–Crippen MR) is 88.8 cm³/mol. The summed E-state index contributed by atoms with van der Waals surface area (Å²) in [6.07, 6.45) is 5.37. The molecule has 130 valence electrons. The van der Waals surface area contributed by atoms with Gasteiger partial charge in [-0.05, 0) is 32.6 Å². The van der Waals surface area contributed by atoms with Gasteiger partial charge in [0, 0.05) is 13.2 Å². The van der Waals surface area contributed by atoms with E-state index in [1.54, 1.807) is 18.0 Å². The Morgan fingerprint density at radius 2 is 2.12 bits per heavy atom. The molecular weight excluding hydrogens is 330 g/mol. The van der Waals surface area contributed by atoms with Crippen LogP contribution in [0.1, 0.15) is 60.2 Å². The van der Waals surface area contributed by atoms with Gasteiger partial charge in [0.2, 0.25) is 5.13 Å². The summed E-state index contributed by atoms with van der Waals surface area (Å²) >= 11 is 1.28. The molecule has 3 rings (SSSR count). The quantitative estimate of drug-likeness (QED) is 0.838. The van der Waals surface area contributed by atoms with Gasteiger partial charge in [-0.2, -0.15) is 0 Å². The lowest BCUT2D eigenvalue weighted by Gasteiger charge is -2.25. The Labute approximate surface area is 143 Å². The molecule has 0 radical (unpaired) electrons. The zero-order valence-corrected chi connectivity index (χ0v) is 14.5. The second-order valence-electron chi connectivity index (χ2n) is 5.93. The van der Waals surface area contributed by atoms with E-state index >= 15 is 0 Å². The van der Waals surface area contributed by atoms with Gasteiger partial charge in [0.15, 0.2) is 5.69 Å². The fourth-order valence-electron chi connectivity index (χ4n) is 2.64. The van der Waals surface area contributed by atoms with Crippen molar-refractivity contribution in [1.29, 1.82) is 0 Å². The van der Waals surface area contributed by atoms with Crippen molar-refractivity contribution in [2.24, 2.45) is 5.73 Å². The fourth-order valence-corrected chi connectivity index (χ4v) is 3.40. The lowest BCUT2D eigenvalue weighted by Crippen LogP contribution is -2.28. The highest BCUT2D eigenvalue weighted by Crippen LogP contribution is 2.27. The number of nitrogens with two attached hydrogens (primary N) is 1. The molecule has 1 amide bonds. The van der Waals surface area contributed by atoms with Crippen molar-refractivity contribution >= 4 is 22.4 Å². The smallest absolute Gasteiger partial charge is 0.279 e. The van der Waals surface area contributed by atoms with Crippen molar-refractivity contribution in [2.45, 2.75) is 50.8 Å². The number of carbonyl (C=O) groups is 1. The van der Waals surface area contributed by atoms with Gasteiger partial charge >= 0.3 is 0 Å². The van der Waals surface area contributed by atoms with Crippen molar-refractivity contribution < 1.29 is 9.53 Å². The van der Waals surface area contributed by atoms with Gasteiger partial charge in [-0.1, -0.05) is 16.6 Å². The topological polar surface area (TPSA) is 121 Å². The van der Waals surface area contributed by atoms with Crippen LogP contribution >= 0.6 is 11.3 Å². The van der Waals surface area contributed by atoms with E-state index in [9.17, 15) is 4.79 Å². The third-order valence-corrected chi connectivity index (χ3v) is 5.22. The highest BCUT2D eigenvalue weighted by Gasteiger charge is 2.22. The molecule has 1 saturated carbocycles. The summed E-state index contributed by atoms with van der Waals surface area (Å²) in [5, 5.41) is 19.8. The first-order valence-electron chi connectivity index (χ1n) is 7.91. The maximum absolute atomic E-state index is 12.3. The normalized spacial score (nSPS) is 22.3. The van der Waals surface area contributed by atoms with Gasteiger partial charge in [0.1, 0.15) is 11.1 Å². The van der Waals surface area contributed by atoms with E-state index < -0.39 is 0 Å². The van der Waals surface area contributed by atoms with Crippen LogP contribution in [0.3, 0.4) is 0 Å². The van der Waals surface area contributed by atoms with Crippen LogP contribution in [0, 0.1) is 0 Å². The Hall–Kier alpha value is -1.91. The average Bonchev–Trinajstić information content (AvgIpc) is 3.24. The third-order valence-electron chi connectivity index (χ3n) is 4.22. The van der Waals surface area contributed by atoms with Gasteiger partial charge in [-0.25, -0.2) is 4.68 Å². The highest BCUT2D eigenvalue weighted by atomic mass is 32.1. The van der Waals surface area contributed by atoms with Gasteiger partial charge < -0.3 is 10.5 Å². The largest absolute Gasteiger partial charge is 0.374 e. The predicted octanol–water partition coefficient (Wildman–Crippen LogP) is 1.53. The minimum Gasteiger partial charge on any atom is -0.374 e. The van der Waals surface area contributed by atoms with Crippen molar-refractivity contribution in [1.82, 2.24) is 25.2 Å². The first kappa shape index (κ1) is 16.9. The van der Waals surface area contributed by atoms with Crippen LogP contribution in [-0.4, -0.2) is 44.3 Å². The SMILES string of the molecule is COC(C)c1nnc(NC(=O)c2cn(C3CCC(N)CC3)nn2)s1. The molecule has 1 aliphatic carbocycles. The number of carbonyl (C=O) groups excluding carboxylic acids is 1. The Morgan fingerprint density at radius 3 is 2.83 bits per heavy atom. The molecule has 0 aromatic carbocycles. The molecule has 0 saturated heterocycles. The molecular formula is C14H21N7O2S. The van der Waals surface area contributed by atoms with Gasteiger partial charge in [0.05, 0.1) is 12.2 Å². The molecule has 1 fully saturated rings. The molecule has 3 N–H and O–H groups in total. The van der Waals surface area contributed by atoms with Crippen molar-refractivity contribution in [3.63, 3.8) is 0 Å². The van der Waals surface area contributed by atoms with E-state index in [1.165, 1.54) is 11.3 Å². The number of hydrogen-bond donors (Lipinski definition) is 2. The molecule has 2 aromatic rings. The summed E-state index contributed by atoms with van der Waals surface area (Å²) in [5.74, 6) is -0.346. The molecule has 0 bridgehead atoms. The summed E-state index contributed by atoms with van der Waals surface area (Å²) in [6.45, 7) is 1.87. The average molecular weight is 351 g/mol. The Kier molecular flexibility index (Phi) is 5.17. The lowest BCUT2D eigenvalue weighted by atomic mass is 9.92. The molecule has 0 spiro atoms. The molecule has 9 nitrogen and oxygen atoms in total. The van der Waals surface area contributed by atoms with E-state index in [4.69, 9.17) is 10.5 Å². The maximum atomic E-state index is 12.3. The van der Waals surface area contributed by atoms with Crippen LogP contribution in [0.25, 0.3) is 0 Å². The van der Waals surface area contributed by atoms with Crippen LogP contribution in [0.4, 0.5) is 5.13 Å². The van der Waals surface area contributed by atoms with Gasteiger partial charge in [-0.15, -0.1) is 15.3 Å². The molecule has 1 unspecified atom stereocenters. The maximum Gasteiger partial charge on any atom is 0.279 e. The van der Waals surface area contributed by atoms with E-state index in [0.29, 0.717) is 10.1 Å². The fraction of sp³-hybridized carbons (Fsp3) is 0.643. The monoisotopic (exact) mass is 351 g/mol. The molecule has 24 heavy (non-hydrogen) atoms. The highest BCUT2D eigenvalue weighted by molar-refractivity contribution is 7.15. The molecule has 10 heteroatoms. The first-order chi connectivity index (χ1) is 11.6. The van der Waals surface area contributed by atoms with E-state index in [0.717, 1.165) is 25.7 Å². The summed E-state index contributed by atoms with van der Waals surface area (Å²) in [6, 6.07) is 0.531. The molecule has 1 atom stereocenters. The molecule has 1 aliphatic rings. The van der Waals surface area contributed by atoms with Crippen molar-refractivity contribution in [3.8, 4) is 0 Å². The number of hydrogen-bond acceptors (Lipinski definition) is 8. The third kappa shape index (κ3) is 3.77. The first-order valence-corrected chi connectivity index (χ1v) is 8.73. The van der Waals surface area contributed by atoms with Crippen LogP contribution in [0.5, 0.6) is 0 Å². The van der Waals surface area contributed by atoms with Crippen LogP contribution < -0.4 is 11.1 Å². The van der Waals surface area contributed by atoms with Crippen molar-refractivity contribution in [2.75, 3.05) is 12.4 Å². The zero-order chi connectivity index (χ0) is 17.1. The molecule has 0 aliphatic heterocycles. The second kappa shape index (κ2) is 7.32.